The predicted molar refractivity (Wildman–Crippen MR) is 73.4 cm³/mol. The van der Waals surface area contributed by atoms with Gasteiger partial charge in [0.15, 0.2) is 6.29 Å². The van der Waals surface area contributed by atoms with Crippen LogP contribution in [0.1, 0.15) is 30.6 Å². The maximum Gasteiger partial charge on any atom is 0.221 e. The second kappa shape index (κ2) is 7.68. The molecule has 1 aromatic heterocycles. The lowest BCUT2D eigenvalue weighted by molar-refractivity contribution is -0.120. The summed E-state index contributed by atoms with van der Waals surface area (Å²) in [7, 11) is 0. The van der Waals surface area contributed by atoms with Gasteiger partial charge in [0.25, 0.3) is 0 Å². The Morgan fingerprint density at radius 2 is 2.21 bits per heavy atom. The zero-order valence-corrected chi connectivity index (χ0v) is 11.7. The minimum atomic E-state index is -0.0472. The SMILES string of the molecule is CC(C)CNC(=O)CCNc1ncnc(Cl)c1C=O. The highest BCUT2D eigenvalue weighted by Gasteiger charge is 2.09. The Balaban J connectivity index is 2.43. The third-order valence-electron chi connectivity index (χ3n) is 2.31. The van der Waals surface area contributed by atoms with Crippen molar-refractivity contribution in [2.24, 2.45) is 5.92 Å². The largest absolute Gasteiger partial charge is 0.369 e. The molecule has 0 fully saturated rings. The molecule has 1 amide bonds. The molecule has 104 valence electrons. The quantitative estimate of drug-likeness (QED) is 0.586. The summed E-state index contributed by atoms with van der Waals surface area (Å²) in [6, 6.07) is 0. The first-order valence-electron chi connectivity index (χ1n) is 6.00. The summed E-state index contributed by atoms with van der Waals surface area (Å²) in [5.74, 6) is 0.708. The highest BCUT2D eigenvalue weighted by molar-refractivity contribution is 6.32. The van der Waals surface area contributed by atoms with Crippen molar-refractivity contribution in [3.63, 3.8) is 0 Å². The third kappa shape index (κ3) is 5.21. The number of amides is 1. The van der Waals surface area contributed by atoms with E-state index >= 15 is 0 Å². The van der Waals surface area contributed by atoms with E-state index in [1.165, 1.54) is 6.33 Å². The minimum Gasteiger partial charge on any atom is -0.369 e. The first-order chi connectivity index (χ1) is 9.04. The van der Waals surface area contributed by atoms with Crippen molar-refractivity contribution in [2.75, 3.05) is 18.4 Å². The summed E-state index contributed by atoms with van der Waals surface area (Å²) in [6.07, 6.45) is 2.15. The van der Waals surface area contributed by atoms with E-state index < -0.39 is 0 Å². The smallest absolute Gasteiger partial charge is 0.221 e. The van der Waals surface area contributed by atoms with Crippen molar-refractivity contribution in [3.8, 4) is 0 Å². The zero-order chi connectivity index (χ0) is 14.3. The van der Waals surface area contributed by atoms with Gasteiger partial charge in [0.2, 0.25) is 5.91 Å². The predicted octanol–water partition coefficient (Wildman–Crippen LogP) is 1.52. The second-order valence-electron chi connectivity index (χ2n) is 4.42. The van der Waals surface area contributed by atoms with Crippen LogP contribution in [-0.2, 0) is 4.79 Å². The van der Waals surface area contributed by atoms with Crippen LogP contribution in [0.25, 0.3) is 0 Å². The molecule has 0 spiro atoms. The fraction of sp³-hybridized carbons (Fsp3) is 0.500. The molecule has 0 aliphatic rings. The van der Waals surface area contributed by atoms with E-state index in [4.69, 9.17) is 11.6 Å². The van der Waals surface area contributed by atoms with E-state index in [-0.39, 0.29) is 16.6 Å². The standard InChI is InChI=1S/C12H17ClN4O2/c1-8(2)5-15-10(19)3-4-14-12-9(6-18)11(13)16-7-17-12/h6-8H,3-5H2,1-2H3,(H,15,19)(H,14,16,17). The number of carbonyl (C=O) groups excluding carboxylic acids is 2. The number of anilines is 1. The molecule has 0 saturated carbocycles. The van der Waals surface area contributed by atoms with Gasteiger partial charge in [0.05, 0.1) is 5.56 Å². The molecule has 2 N–H and O–H groups in total. The van der Waals surface area contributed by atoms with Crippen LogP contribution < -0.4 is 10.6 Å². The van der Waals surface area contributed by atoms with Gasteiger partial charge in [-0.2, -0.15) is 0 Å². The van der Waals surface area contributed by atoms with Crippen LogP contribution in [0.3, 0.4) is 0 Å². The van der Waals surface area contributed by atoms with Gasteiger partial charge in [0, 0.05) is 19.5 Å². The molecule has 0 saturated heterocycles. The normalized spacial score (nSPS) is 10.3. The Bertz CT molecular complexity index is 451. The molecule has 1 aromatic rings. The van der Waals surface area contributed by atoms with Gasteiger partial charge in [-0.1, -0.05) is 25.4 Å². The molecular formula is C12H17ClN4O2. The Morgan fingerprint density at radius 3 is 2.84 bits per heavy atom. The molecule has 19 heavy (non-hydrogen) atoms. The fourth-order valence-corrected chi connectivity index (χ4v) is 1.50. The van der Waals surface area contributed by atoms with Gasteiger partial charge < -0.3 is 10.6 Å². The van der Waals surface area contributed by atoms with Crippen LogP contribution in [0.2, 0.25) is 5.15 Å². The van der Waals surface area contributed by atoms with Gasteiger partial charge in [-0.15, -0.1) is 0 Å². The maximum atomic E-state index is 11.5. The van der Waals surface area contributed by atoms with Crippen LogP contribution in [-0.4, -0.2) is 35.3 Å². The van der Waals surface area contributed by atoms with Crippen molar-refractivity contribution in [1.29, 1.82) is 0 Å². The number of aromatic nitrogens is 2. The van der Waals surface area contributed by atoms with Crippen molar-refractivity contribution in [3.05, 3.63) is 17.0 Å². The van der Waals surface area contributed by atoms with E-state index in [0.717, 1.165) is 0 Å². The maximum absolute atomic E-state index is 11.5. The van der Waals surface area contributed by atoms with Crippen molar-refractivity contribution in [2.45, 2.75) is 20.3 Å². The summed E-state index contributed by atoms with van der Waals surface area (Å²) in [6.45, 7) is 5.07. The summed E-state index contributed by atoms with van der Waals surface area (Å²) in [5.41, 5.74) is 0.201. The van der Waals surface area contributed by atoms with Crippen molar-refractivity contribution < 1.29 is 9.59 Å². The second-order valence-corrected chi connectivity index (χ2v) is 4.78. The molecule has 6 nitrogen and oxygen atoms in total. The fourth-order valence-electron chi connectivity index (χ4n) is 1.32. The number of halogens is 1. The first kappa shape index (κ1) is 15.4. The highest BCUT2D eigenvalue weighted by Crippen LogP contribution is 2.16. The molecule has 0 atom stereocenters. The Morgan fingerprint density at radius 1 is 1.47 bits per heavy atom. The molecule has 0 aromatic carbocycles. The third-order valence-corrected chi connectivity index (χ3v) is 2.61. The van der Waals surface area contributed by atoms with E-state index in [0.29, 0.717) is 37.5 Å². The van der Waals surface area contributed by atoms with Crippen LogP contribution in [0, 0.1) is 5.92 Å². The monoisotopic (exact) mass is 284 g/mol. The molecule has 1 heterocycles. The Kier molecular flexibility index (Phi) is 6.21. The average Bonchev–Trinajstić information content (AvgIpc) is 2.36. The number of carbonyl (C=O) groups is 2. The van der Waals surface area contributed by atoms with Crippen molar-refractivity contribution >= 4 is 29.6 Å². The van der Waals surface area contributed by atoms with Crippen LogP contribution >= 0.6 is 11.6 Å². The zero-order valence-electron chi connectivity index (χ0n) is 10.9. The van der Waals surface area contributed by atoms with Crippen LogP contribution in [0.15, 0.2) is 6.33 Å². The van der Waals surface area contributed by atoms with E-state index in [9.17, 15) is 9.59 Å². The summed E-state index contributed by atoms with van der Waals surface area (Å²) in [5, 5.41) is 5.79. The lowest BCUT2D eigenvalue weighted by atomic mass is 10.2. The molecule has 0 aliphatic carbocycles. The lowest BCUT2D eigenvalue weighted by Crippen LogP contribution is -2.28. The van der Waals surface area contributed by atoms with Gasteiger partial charge in [-0.3, -0.25) is 9.59 Å². The number of nitrogens with zero attached hydrogens (tertiary/aromatic N) is 2. The van der Waals surface area contributed by atoms with Gasteiger partial charge in [0.1, 0.15) is 17.3 Å². The van der Waals surface area contributed by atoms with Gasteiger partial charge in [-0.25, -0.2) is 9.97 Å². The first-order valence-corrected chi connectivity index (χ1v) is 6.38. The number of hydrogen-bond donors (Lipinski definition) is 2. The Hall–Kier alpha value is -1.69. The summed E-state index contributed by atoms with van der Waals surface area (Å²) >= 11 is 5.75. The van der Waals surface area contributed by atoms with E-state index in [2.05, 4.69) is 20.6 Å². The van der Waals surface area contributed by atoms with Crippen molar-refractivity contribution in [1.82, 2.24) is 15.3 Å². The highest BCUT2D eigenvalue weighted by atomic mass is 35.5. The molecular weight excluding hydrogens is 268 g/mol. The van der Waals surface area contributed by atoms with E-state index in [1.807, 2.05) is 13.8 Å². The Labute approximate surface area is 117 Å². The molecule has 0 aliphatic heterocycles. The molecule has 0 unspecified atom stereocenters. The van der Waals surface area contributed by atoms with Gasteiger partial charge in [-0.05, 0) is 5.92 Å². The molecule has 0 bridgehead atoms. The van der Waals surface area contributed by atoms with E-state index in [1.54, 1.807) is 0 Å². The van der Waals surface area contributed by atoms with Crippen LogP contribution in [0.5, 0.6) is 0 Å². The summed E-state index contributed by atoms with van der Waals surface area (Å²) < 4.78 is 0. The molecule has 1 rings (SSSR count). The number of aldehydes is 1. The topological polar surface area (TPSA) is 84.0 Å². The van der Waals surface area contributed by atoms with Crippen LogP contribution in [0.4, 0.5) is 5.82 Å². The van der Waals surface area contributed by atoms with Gasteiger partial charge >= 0.3 is 0 Å². The molecule has 0 radical (unpaired) electrons. The minimum absolute atomic E-state index is 0.0472. The number of rotatable bonds is 7. The molecule has 7 heteroatoms. The number of hydrogen-bond acceptors (Lipinski definition) is 5. The number of nitrogens with one attached hydrogen (secondary N) is 2. The summed E-state index contributed by atoms with van der Waals surface area (Å²) in [4.78, 5) is 29.9. The average molecular weight is 285 g/mol. The lowest BCUT2D eigenvalue weighted by Gasteiger charge is -2.09.